The molecule has 3 aromatic rings. The zero-order valence-electron chi connectivity index (χ0n) is 22.8. The van der Waals surface area contributed by atoms with Crippen LogP contribution in [0.15, 0.2) is 52.7 Å². The molecule has 0 N–H and O–H groups in total. The number of carbonyl (C=O) groups excluding carboxylic acids is 2. The molecule has 0 amide bonds. The zero-order chi connectivity index (χ0) is 28.0. The lowest BCUT2D eigenvalue weighted by atomic mass is 10.0. The minimum atomic E-state index is -1.89. The van der Waals surface area contributed by atoms with Crippen molar-refractivity contribution in [3.05, 3.63) is 103 Å². The monoisotopic (exact) mass is 616 g/mol. The second-order valence-corrected chi connectivity index (χ2v) is 14.5. The summed E-state index contributed by atoms with van der Waals surface area (Å²) in [5.41, 5.74) is 8.94. The average molecular weight is 617 g/mol. The topological polar surface area (TPSA) is 68.3 Å². The van der Waals surface area contributed by atoms with E-state index in [1.165, 1.54) is 0 Å². The Morgan fingerprint density at radius 2 is 1.20 bits per heavy atom. The molecule has 0 bridgehead atoms. The van der Waals surface area contributed by atoms with Crippen molar-refractivity contribution in [3.63, 3.8) is 0 Å². The van der Waals surface area contributed by atoms with Crippen LogP contribution in [-0.2, 0) is 15.3 Å². The van der Waals surface area contributed by atoms with E-state index in [1.54, 1.807) is 11.3 Å². The number of thiophene rings is 1. The molecular formula is C32H42O4P2S2+2. The smallest absolute Gasteiger partial charge is 0.234 e. The molecule has 2 unspecified atom stereocenters. The summed E-state index contributed by atoms with van der Waals surface area (Å²) < 4.78 is 24.4. The predicted molar refractivity (Wildman–Crippen MR) is 177 cm³/mol. The summed E-state index contributed by atoms with van der Waals surface area (Å²) in [6.07, 6.45) is 2.86. The number of hydrogen-bond acceptors (Lipinski definition) is 6. The van der Waals surface area contributed by atoms with Crippen molar-refractivity contribution in [2.45, 2.75) is 62.6 Å². The van der Waals surface area contributed by atoms with Crippen molar-refractivity contribution < 1.29 is 18.7 Å². The third-order valence-corrected chi connectivity index (χ3v) is 10.7. The van der Waals surface area contributed by atoms with Crippen LogP contribution in [0.3, 0.4) is 0 Å². The van der Waals surface area contributed by atoms with Crippen LogP contribution in [0.5, 0.6) is 0 Å². The summed E-state index contributed by atoms with van der Waals surface area (Å²) in [6, 6.07) is 9.81. The molecule has 0 aliphatic carbocycles. The molecule has 0 fully saturated rings. The minimum absolute atomic E-state index is 0. The first-order chi connectivity index (χ1) is 18.0. The molecule has 4 nitrogen and oxygen atoms in total. The summed E-state index contributed by atoms with van der Waals surface area (Å²) in [4.78, 5) is 24.7. The van der Waals surface area contributed by atoms with E-state index in [2.05, 4.69) is 6.08 Å². The molecule has 40 heavy (non-hydrogen) atoms. The summed E-state index contributed by atoms with van der Waals surface area (Å²) in [5, 5.41) is 3.88. The Hall–Kier alpha value is -2.23. The number of hydrogen-bond donors (Lipinski definition) is 0. The number of thioether (sulfide) groups is 1. The molecule has 4 rings (SSSR count). The molecule has 0 saturated carbocycles. The molecule has 0 saturated heterocycles. The third-order valence-electron chi connectivity index (χ3n) is 6.27. The van der Waals surface area contributed by atoms with E-state index in [4.69, 9.17) is 0 Å². The Morgan fingerprint density at radius 1 is 0.750 bits per heavy atom. The Kier molecular flexibility index (Phi) is 14.6. The van der Waals surface area contributed by atoms with Crippen molar-refractivity contribution in [1.82, 2.24) is 0 Å². The van der Waals surface area contributed by atoms with Crippen LogP contribution in [0.4, 0.5) is 0 Å². The molecule has 8 heteroatoms. The van der Waals surface area contributed by atoms with Crippen LogP contribution in [0, 0.1) is 41.5 Å². The normalized spacial score (nSPS) is 12.7. The standard InChI is InChI=1S/C15H18O2PS.C15H16O2PS.2CH4/c2*1-10-6-11(2)14(12(3)7-10)15(16)18(17)8-13-4-5-19-9-13;;/h4,6-7H,5,8-9H2,1-3H3;4-7,9H,8H2,1-3H3;2*1H4/q2*+1;;. The number of rotatable bonds is 8. The van der Waals surface area contributed by atoms with E-state index in [-0.39, 0.29) is 25.9 Å². The van der Waals surface area contributed by atoms with Gasteiger partial charge in [-0.3, -0.25) is 0 Å². The fourth-order valence-electron chi connectivity index (χ4n) is 4.70. The van der Waals surface area contributed by atoms with Crippen LogP contribution in [0.1, 0.15) is 74.5 Å². The van der Waals surface area contributed by atoms with Gasteiger partial charge in [0, 0.05) is 17.1 Å². The van der Waals surface area contributed by atoms with Crippen molar-refractivity contribution in [2.75, 3.05) is 17.7 Å². The molecular weight excluding hydrogens is 574 g/mol. The second-order valence-electron chi connectivity index (χ2n) is 9.74. The van der Waals surface area contributed by atoms with Gasteiger partial charge < -0.3 is 0 Å². The molecule has 0 radical (unpaired) electrons. The zero-order valence-corrected chi connectivity index (χ0v) is 26.2. The van der Waals surface area contributed by atoms with Crippen LogP contribution < -0.4 is 0 Å². The second kappa shape index (κ2) is 16.3. The van der Waals surface area contributed by atoms with Crippen molar-refractivity contribution in [1.29, 1.82) is 0 Å². The minimum Gasteiger partial charge on any atom is -0.234 e. The number of benzene rings is 2. The van der Waals surface area contributed by atoms with E-state index < -0.39 is 15.6 Å². The highest BCUT2D eigenvalue weighted by molar-refractivity contribution is 7.99. The quantitative estimate of drug-likeness (QED) is 0.186. The molecule has 0 spiro atoms. The average Bonchev–Trinajstić information content (AvgIpc) is 3.52. The van der Waals surface area contributed by atoms with E-state index in [1.807, 2.05) is 94.4 Å². The van der Waals surface area contributed by atoms with Crippen molar-refractivity contribution in [2.24, 2.45) is 0 Å². The van der Waals surface area contributed by atoms with Gasteiger partial charge in [0.2, 0.25) is 0 Å². The lowest BCUT2D eigenvalue weighted by Crippen LogP contribution is -2.03. The number of aryl methyl sites for hydroxylation is 6. The van der Waals surface area contributed by atoms with Gasteiger partial charge in [-0.1, -0.05) is 65.5 Å². The van der Waals surface area contributed by atoms with Crippen molar-refractivity contribution >= 4 is 49.7 Å². The molecule has 1 aromatic heterocycles. The van der Waals surface area contributed by atoms with Gasteiger partial charge >= 0.3 is 26.7 Å². The summed E-state index contributed by atoms with van der Waals surface area (Å²) >= 11 is 3.37. The lowest BCUT2D eigenvalue weighted by molar-refractivity contribution is 0.107. The van der Waals surface area contributed by atoms with Gasteiger partial charge in [-0.25, -0.2) is 9.59 Å². The molecule has 1 aliphatic heterocycles. The number of carbonyl (C=O) groups is 2. The van der Waals surface area contributed by atoms with Gasteiger partial charge in [0.1, 0.15) is 0 Å². The van der Waals surface area contributed by atoms with E-state index in [0.29, 0.717) is 23.5 Å². The Labute approximate surface area is 250 Å². The highest BCUT2D eigenvalue weighted by Crippen LogP contribution is 2.36. The SMILES string of the molecule is C.C.Cc1cc(C)c(C(=O)[P+](=O)CC2=CCSC2)c(C)c1.Cc1cc(C)c(C(=O)[P+](=O)Cc2ccsc2)c(C)c1. The lowest BCUT2D eigenvalue weighted by Gasteiger charge is -2.05. The van der Waals surface area contributed by atoms with Crippen LogP contribution in [0.25, 0.3) is 0 Å². The maximum absolute atomic E-state index is 12.4. The van der Waals surface area contributed by atoms with Gasteiger partial charge in [0.15, 0.2) is 12.3 Å². The molecule has 214 valence electrons. The first-order valence-corrected chi connectivity index (χ1v) is 17.4. The predicted octanol–water partition coefficient (Wildman–Crippen LogP) is 10.4. The van der Waals surface area contributed by atoms with E-state index in [9.17, 15) is 18.7 Å². The molecule has 2 atom stereocenters. The van der Waals surface area contributed by atoms with E-state index >= 15 is 0 Å². The van der Waals surface area contributed by atoms with Crippen LogP contribution in [0.2, 0.25) is 0 Å². The van der Waals surface area contributed by atoms with Crippen molar-refractivity contribution in [3.8, 4) is 0 Å². The van der Waals surface area contributed by atoms with Gasteiger partial charge in [0.05, 0.1) is 11.1 Å². The van der Waals surface area contributed by atoms with Gasteiger partial charge in [-0.05, 0) is 86.2 Å². The molecule has 2 aromatic carbocycles. The fourth-order valence-corrected chi connectivity index (χ4v) is 9.22. The van der Waals surface area contributed by atoms with Gasteiger partial charge in [-0.2, -0.15) is 23.1 Å². The maximum Gasteiger partial charge on any atom is 0.424 e. The van der Waals surface area contributed by atoms with Gasteiger partial charge in [0.25, 0.3) is 0 Å². The highest BCUT2D eigenvalue weighted by atomic mass is 32.2. The summed E-state index contributed by atoms with van der Waals surface area (Å²) in [6.45, 7) is 11.7. The van der Waals surface area contributed by atoms with Gasteiger partial charge in [-0.15, -0.1) is 0 Å². The Morgan fingerprint density at radius 3 is 1.57 bits per heavy atom. The van der Waals surface area contributed by atoms with E-state index in [0.717, 1.165) is 56.0 Å². The Bertz CT molecular complexity index is 1380. The first-order valence-electron chi connectivity index (χ1n) is 12.4. The Balaban J connectivity index is 0.000000381. The fraction of sp³-hybridized carbons (Fsp3) is 0.375. The summed E-state index contributed by atoms with van der Waals surface area (Å²) in [5.74, 6) is 1.90. The molecule has 1 aliphatic rings. The summed E-state index contributed by atoms with van der Waals surface area (Å²) in [7, 11) is -3.73. The maximum atomic E-state index is 12.4. The molecule has 2 heterocycles. The largest absolute Gasteiger partial charge is 0.424 e. The third kappa shape index (κ3) is 9.42. The first kappa shape index (κ1) is 35.8. The highest BCUT2D eigenvalue weighted by Gasteiger charge is 2.34. The van der Waals surface area contributed by atoms with Crippen LogP contribution >= 0.6 is 38.7 Å². The van der Waals surface area contributed by atoms with Crippen LogP contribution in [-0.4, -0.2) is 28.7 Å².